The van der Waals surface area contributed by atoms with Crippen LogP contribution >= 0.6 is 23.1 Å². The molecule has 110 valence electrons. The molecule has 2 aromatic rings. The molecule has 1 aliphatic rings. The molecule has 0 saturated carbocycles. The summed E-state index contributed by atoms with van der Waals surface area (Å²) >= 11 is 3.05. The lowest BCUT2D eigenvalue weighted by Crippen LogP contribution is -2.43. The van der Waals surface area contributed by atoms with Gasteiger partial charge in [0.25, 0.3) is 0 Å². The van der Waals surface area contributed by atoms with Crippen molar-refractivity contribution in [3.05, 3.63) is 23.8 Å². The van der Waals surface area contributed by atoms with Crippen LogP contribution in [0.15, 0.2) is 18.2 Å². The van der Waals surface area contributed by atoms with E-state index >= 15 is 0 Å². The zero-order valence-corrected chi connectivity index (χ0v) is 13.4. The van der Waals surface area contributed by atoms with Crippen LogP contribution in [0, 0.1) is 6.92 Å². The number of anilines is 1. The van der Waals surface area contributed by atoms with Crippen LogP contribution in [-0.2, 0) is 9.59 Å². The molecule has 1 aromatic heterocycles. The summed E-state index contributed by atoms with van der Waals surface area (Å²) in [6.45, 7) is 3.52. The smallest absolute Gasteiger partial charge is 0.249 e. The van der Waals surface area contributed by atoms with Crippen LogP contribution in [-0.4, -0.2) is 39.4 Å². The predicted octanol–water partition coefficient (Wildman–Crippen LogP) is 2.46. The topological polar surface area (TPSA) is 62.3 Å². The van der Waals surface area contributed by atoms with Crippen molar-refractivity contribution < 1.29 is 9.59 Å². The highest BCUT2D eigenvalue weighted by Gasteiger charge is 2.33. The third-order valence-corrected chi connectivity index (χ3v) is 5.31. The molecule has 7 heteroatoms. The van der Waals surface area contributed by atoms with Gasteiger partial charge in [0, 0.05) is 12.7 Å². The van der Waals surface area contributed by atoms with Gasteiger partial charge in [0.05, 0.1) is 16.1 Å². The van der Waals surface area contributed by atoms with Crippen molar-refractivity contribution in [2.45, 2.75) is 19.9 Å². The van der Waals surface area contributed by atoms with Gasteiger partial charge in [0.15, 0.2) is 5.13 Å². The van der Waals surface area contributed by atoms with Gasteiger partial charge in [-0.15, -0.1) is 11.8 Å². The molecule has 0 radical (unpaired) electrons. The van der Waals surface area contributed by atoms with Crippen molar-refractivity contribution in [3.63, 3.8) is 0 Å². The first-order valence-electron chi connectivity index (χ1n) is 6.57. The number of thiazole rings is 1. The van der Waals surface area contributed by atoms with Gasteiger partial charge in [-0.25, -0.2) is 4.98 Å². The molecule has 5 nitrogen and oxygen atoms in total. The monoisotopic (exact) mass is 321 g/mol. The second-order valence-electron chi connectivity index (χ2n) is 4.98. The van der Waals surface area contributed by atoms with Gasteiger partial charge in [-0.2, -0.15) is 0 Å². The quantitative estimate of drug-likeness (QED) is 0.923. The first-order valence-corrected chi connectivity index (χ1v) is 8.55. The molecule has 1 aliphatic heterocycles. The summed E-state index contributed by atoms with van der Waals surface area (Å²) in [6.07, 6.45) is 0. The molecule has 1 saturated heterocycles. The van der Waals surface area contributed by atoms with E-state index in [1.807, 2.05) is 19.1 Å². The van der Waals surface area contributed by atoms with Crippen molar-refractivity contribution >= 4 is 50.3 Å². The molecule has 1 aromatic carbocycles. The Bertz CT molecular complexity index is 713. The van der Waals surface area contributed by atoms with Gasteiger partial charge in [-0.1, -0.05) is 17.4 Å². The Morgan fingerprint density at radius 3 is 3.00 bits per heavy atom. The van der Waals surface area contributed by atoms with E-state index in [1.54, 1.807) is 16.7 Å². The van der Waals surface area contributed by atoms with Gasteiger partial charge in [0.1, 0.15) is 6.04 Å². The lowest BCUT2D eigenvalue weighted by Gasteiger charge is -2.20. The van der Waals surface area contributed by atoms with Crippen LogP contribution in [0.25, 0.3) is 10.2 Å². The molecule has 0 aliphatic carbocycles. The fraction of sp³-hybridized carbons (Fsp3) is 0.357. The Labute approximate surface area is 130 Å². The molecular weight excluding hydrogens is 306 g/mol. The van der Waals surface area contributed by atoms with Crippen LogP contribution in [0.1, 0.15) is 12.5 Å². The lowest BCUT2D eigenvalue weighted by atomic mass is 10.2. The number of amides is 2. The number of carbonyl (C=O) groups is 2. The second kappa shape index (κ2) is 5.65. The number of thioether (sulfide) groups is 1. The largest absolute Gasteiger partial charge is 0.321 e. The predicted molar refractivity (Wildman–Crippen MR) is 86.6 cm³/mol. The number of hydrogen-bond donors (Lipinski definition) is 1. The number of carbonyl (C=O) groups excluding carboxylic acids is 2. The summed E-state index contributed by atoms with van der Waals surface area (Å²) in [7, 11) is 0. The third kappa shape index (κ3) is 2.89. The van der Waals surface area contributed by atoms with Crippen molar-refractivity contribution in [3.8, 4) is 0 Å². The van der Waals surface area contributed by atoms with E-state index in [4.69, 9.17) is 0 Å². The van der Waals surface area contributed by atoms with Crippen LogP contribution in [0.4, 0.5) is 5.13 Å². The summed E-state index contributed by atoms with van der Waals surface area (Å²) in [4.78, 5) is 29.8. The van der Waals surface area contributed by atoms with E-state index in [-0.39, 0.29) is 11.8 Å². The Morgan fingerprint density at radius 1 is 1.43 bits per heavy atom. The van der Waals surface area contributed by atoms with Gasteiger partial charge in [0.2, 0.25) is 11.8 Å². The minimum Gasteiger partial charge on any atom is -0.321 e. The van der Waals surface area contributed by atoms with Crippen molar-refractivity contribution in [2.24, 2.45) is 0 Å². The number of nitrogens with one attached hydrogen (secondary N) is 1. The number of aromatic nitrogens is 1. The van der Waals surface area contributed by atoms with E-state index in [0.29, 0.717) is 16.8 Å². The van der Waals surface area contributed by atoms with E-state index in [9.17, 15) is 9.59 Å². The molecule has 1 fully saturated rings. The van der Waals surface area contributed by atoms with Gasteiger partial charge in [-0.3, -0.25) is 9.59 Å². The molecule has 3 rings (SSSR count). The second-order valence-corrected chi connectivity index (χ2v) is 7.01. The van der Waals surface area contributed by atoms with Gasteiger partial charge >= 0.3 is 0 Å². The number of fused-ring (bicyclic) bond motifs is 1. The molecule has 0 spiro atoms. The standard InChI is InChI=1S/C14H15N3O2S2/c1-8-3-4-10-12(5-8)21-14(15-10)16-13(19)11-6-20-7-17(11)9(2)18/h3-5,11H,6-7H2,1-2H3,(H,15,16,19)/t11-/m1/s1. The molecule has 0 unspecified atom stereocenters. The summed E-state index contributed by atoms with van der Waals surface area (Å²) in [6, 6.07) is 5.60. The zero-order chi connectivity index (χ0) is 15.0. The average molecular weight is 321 g/mol. The van der Waals surface area contributed by atoms with E-state index < -0.39 is 6.04 Å². The Hall–Kier alpha value is -1.60. The van der Waals surface area contributed by atoms with Crippen molar-refractivity contribution in [1.29, 1.82) is 0 Å². The SMILES string of the molecule is CC(=O)N1CSC[C@@H]1C(=O)Nc1nc2ccc(C)cc2s1. The van der Waals surface area contributed by atoms with Gasteiger partial charge < -0.3 is 10.2 Å². The van der Waals surface area contributed by atoms with Crippen LogP contribution in [0.2, 0.25) is 0 Å². The molecule has 2 heterocycles. The van der Waals surface area contributed by atoms with E-state index in [2.05, 4.69) is 16.4 Å². The Balaban J connectivity index is 1.78. The number of aryl methyl sites for hydroxylation is 1. The van der Waals surface area contributed by atoms with Crippen LogP contribution in [0.5, 0.6) is 0 Å². The maximum atomic E-state index is 12.3. The van der Waals surface area contributed by atoms with Crippen LogP contribution in [0.3, 0.4) is 0 Å². The average Bonchev–Trinajstić information content (AvgIpc) is 3.03. The summed E-state index contributed by atoms with van der Waals surface area (Å²) in [5.74, 6) is 0.980. The summed E-state index contributed by atoms with van der Waals surface area (Å²) in [5.41, 5.74) is 2.05. The van der Waals surface area contributed by atoms with Crippen LogP contribution < -0.4 is 5.32 Å². The highest BCUT2D eigenvalue weighted by atomic mass is 32.2. The number of rotatable bonds is 2. The third-order valence-electron chi connectivity index (χ3n) is 3.36. The molecule has 1 atom stereocenters. The normalized spacial score (nSPS) is 18.2. The molecular formula is C14H15N3O2S2. The number of benzene rings is 1. The Morgan fingerprint density at radius 2 is 2.24 bits per heavy atom. The molecule has 21 heavy (non-hydrogen) atoms. The minimum absolute atomic E-state index is 0.0694. The first-order chi connectivity index (χ1) is 10.0. The maximum Gasteiger partial charge on any atom is 0.249 e. The fourth-order valence-electron chi connectivity index (χ4n) is 2.24. The molecule has 2 amide bonds. The van der Waals surface area contributed by atoms with Crippen molar-refractivity contribution in [1.82, 2.24) is 9.88 Å². The highest BCUT2D eigenvalue weighted by molar-refractivity contribution is 7.99. The zero-order valence-electron chi connectivity index (χ0n) is 11.8. The number of nitrogens with zero attached hydrogens (tertiary/aromatic N) is 2. The summed E-state index contributed by atoms with van der Waals surface area (Å²) in [5, 5.41) is 3.42. The fourth-order valence-corrected chi connectivity index (χ4v) is 4.43. The Kier molecular flexibility index (Phi) is 3.86. The highest BCUT2D eigenvalue weighted by Crippen LogP contribution is 2.28. The van der Waals surface area contributed by atoms with Crippen molar-refractivity contribution in [2.75, 3.05) is 16.9 Å². The maximum absolute atomic E-state index is 12.3. The van der Waals surface area contributed by atoms with Gasteiger partial charge in [-0.05, 0) is 24.6 Å². The minimum atomic E-state index is -0.402. The molecule has 0 bridgehead atoms. The first kappa shape index (κ1) is 14.3. The van der Waals surface area contributed by atoms with E-state index in [0.717, 1.165) is 10.2 Å². The molecule has 1 N–H and O–H groups in total. The summed E-state index contributed by atoms with van der Waals surface area (Å²) < 4.78 is 1.05. The van der Waals surface area contributed by atoms with E-state index in [1.165, 1.54) is 23.8 Å². The number of hydrogen-bond acceptors (Lipinski definition) is 5. The lowest BCUT2D eigenvalue weighted by molar-refractivity contribution is -0.134.